The minimum absolute atomic E-state index is 0.0878. The average molecular weight is 267 g/mol. The molecule has 2 fully saturated rings. The van der Waals surface area contributed by atoms with Crippen LogP contribution in [0.15, 0.2) is 0 Å². The molecule has 1 amide bonds. The summed E-state index contributed by atoms with van der Waals surface area (Å²) in [5.74, 6) is 1.96. The molecule has 0 aromatic rings. The van der Waals surface area contributed by atoms with E-state index in [1.54, 1.807) is 0 Å². The first-order chi connectivity index (χ1) is 9.17. The van der Waals surface area contributed by atoms with Gasteiger partial charge in [-0.05, 0) is 49.4 Å². The van der Waals surface area contributed by atoms with Crippen molar-refractivity contribution >= 4 is 5.91 Å². The van der Waals surface area contributed by atoms with Gasteiger partial charge in [-0.2, -0.15) is 0 Å². The topological polar surface area (TPSA) is 49.3 Å². The Morgan fingerprint density at radius 1 is 1.21 bits per heavy atom. The molecule has 2 rings (SSSR count). The zero-order valence-electron chi connectivity index (χ0n) is 12.5. The summed E-state index contributed by atoms with van der Waals surface area (Å²) >= 11 is 0. The highest BCUT2D eigenvalue weighted by molar-refractivity contribution is 5.82. The number of fused-ring (bicyclic) bond motifs is 1. The Balaban J connectivity index is 1.82. The minimum Gasteiger partial charge on any atom is -0.396 e. The predicted octanol–water partition coefficient (Wildman–Crippen LogP) is 2.73. The van der Waals surface area contributed by atoms with Gasteiger partial charge < -0.3 is 10.4 Å². The lowest BCUT2D eigenvalue weighted by Crippen LogP contribution is -2.38. The van der Waals surface area contributed by atoms with E-state index in [4.69, 9.17) is 0 Å². The zero-order chi connectivity index (χ0) is 13.9. The summed E-state index contributed by atoms with van der Waals surface area (Å²) < 4.78 is 0. The molecule has 0 aromatic heterocycles. The number of carbonyl (C=O) groups excluding carboxylic acids is 1. The smallest absolute Gasteiger partial charge is 0.223 e. The molecular weight excluding hydrogens is 238 g/mol. The molecule has 110 valence electrons. The lowest BCUT2D eigenvalue weighted by molar-refractivity contribution is -0.123. The van der Waals surface area contributed by atoms with Crippen molar-refractivity contribution < 1.29 is 9.90 Å². The van der Waals surface area contributed by atoms with E-state index in [9.17, 15) is 9.90 Å². The largest absolute Gasteiger partial charge is 0.396 e. The van der Waals surface area contributed by atoms with Crippen molar-refractivity contribution in [3.63, 3.8) is 0 Å². The third kappa shape index (κ3) is 3.13. The maximum Gasteiger partial charge on any atom is 0.223 e. The van der Waals surface area contributed by atoms with Gasteiger partial charge in [0.25, 0.3) is 0 Å². The van der Waals surface area contributed by atoms with Crippen LogP contribution in [0.1, 0.15) is 58.8 Å². The molecule has 3 nitrogen and oxygen atoms in total. The van der Waals surface area contributed by atoms with Gasteiger partial charge in [-0.25, -0.2) is 0 Å². The Labute approximate surface area is 117 Å². The summed E-state index contributed by atoms with van der Waals surface area (Å²) in [5, 5.41) is 12.4. The molecule has 19 heavy (non-hydrogen) atoms. The number of aliphatic hydroxyl groups is 1. The summed E-state index contributed by atoms with van der Waals surface area (Å²) in [6.45, 7) is 5.26. The minimum atomic E-state index is 0.0878. The van der Waals surface area contributed by atoms with Gasteiger partial charge in [0.2, 0.25) is 5.91 Å². The van der Waals surface area contributed by atoms with Crippen LogP contribution < -0.4 is 5.32 Å². The van der Waals surface area contributed by atoms with Gasteiger partial charge in [0, 0.05) is 19.1 Å². The van der Waals surface area contributed by atoms with E-state index in [-0.39, 0.29) is 17.9 Å². The highest BCUT2D eigenvalue weighted by Crippen LogP contribution is 2.55. The van der Waals surface area contributed by atoms with E-state index in [2.05, 4.69) is 19.2 Å². The van der Waals surface area contributed by atoms with Crippen molar-refractivity contribution in [2.75, 3.05) is 13.2 Å². The van der Waals surface area contributed by atoms with Gasteiger partial charge in [-0.15, -0.1) is 0 Å². The lowest BCUT2D eigenvalue weighted by atomic mass is 9.79. The van der Waals surface area contributed by atoms with Crippen molar-refractivity contribution in [3.8, 4) is 0 Å². The zero-order valence-corrected chi connectivity index (χ0v) is 12.5. The highest BCUT2D eigenvalue weighted by atomic mass is 16.3. The standard InChI is InChI=1S/C16H29NO2/c1-3-16(4-2,9-10-18)11-17-15(19)14-12-7-5-6-8-13(12)14/h12-14,18H,3-11H2,1-2H3,(H,17,19). The monoisotopic (exact) mass is 267 g/mol. The molecule has 2 aliphatic rings. The van der Waals surface area contributed by atoms with E-state index in [1.807, 2.05) is 0 Å². The molecule has 2 atom stereocenters. The van der Waals surface area contributed by atoms with Gasteiger partial charge in [0.05, 0.1) is 0 Å². The molecular formula is C16H29NO2. The molecule has 3 heteroatoms. The Morgan fingerprint density at radius 2 is 1.79 bits per heavy atom. The molecule has 0 bridgehead atoms. The maximum absolute atomic E-state index is 12.3. The van der Waals surface area contributed by atoms with Crippen molar-refractivity contribution in [1.82, 2.24) is 5.32 Å². The van der Waals surface area contributed by atoms with Crippen LogP contribution in [0.25, 0.3) is 0 Å². The van der Waals surface area contributed by atoms with Crippen LogP contribution in [0.3, 0.4) is 0 Å². The number of amides is 1. The molecule has 2 saturated carbocycles. The van der Waals surface area contributed by atoms with Crippen LogP contribution in [0.4, 0.5) is 0 Å². The third-order valence-corrected chi connectivity index (χ3v) is 5.74. The number of hydrogen-bond donors (Lipinski definition) is 2. The summed E-state index contributed by atoms with van der Waals surface area (Å²) in [7, 11) is 0. The van der Waals surface area contributed by atoms with Crippen LogP contribution in [0.2, 0.25) is 0 Å². The molecule has 0 heterocycles. The first kappa shape index (κ1) is 14.8. The van der Waals surface area contributed by atoms with Gasteiger partial charge in [-0.1, -0.05) is 26.7 Å². The summed E-state index contributed by atoms with van der Waals surface area (Å²) in [6, 6.07) is 0. The van der Waals surface area contributed by atoms with Gasteiger partial charge in [-0.3, -0.25) is 4.79 Å². The van der Waals surface area contributed by atoms with E-state index in [1.165, 1.54) is 25.7 Å². The second-order valence-electron chi connectivity index (χ2n) is 6.54. The van der Waals surface area contributed by atoms with Crippen LogP contribution >= 0.6 is 0 Å². The van der Waals surface area contributed by atoms with Crippen LogP contribution in [-0.2, 0) is 4.79 Å². The summed E-state index contributed by atoms with van der Waals surface area (Å²) in [6.07, 6.45) is 7.95. The molecule has 2 aliphatic carbocycles. The fraction of sp³-hybridized carbons (Fsp3) is 0.938. The van der Waals surface area contributed by atoms with E-state index < -0.39 is 0 Å². The fourth-order valence-corrected chi connectivity index (χ4v) is 3.95. The molecule has 0 radical (unpaired) electrons. The molecule has 2 unspecified atom stereocenters. The Morgan fingerprint density at radius 3 is 2.26 bits per heavy atom. The second-order valence-corrected chi connectivity index (χ2v) is 6.54. The quantitative estimate of drug-likeness (QED) is 0.745. The Bertz CT molecular complexity index is 300. The average Bonchev–Trinajstić information content (AvgIpc) is 3.17. The summed E-state index contributed by atoms with van der Waals surface area (Å²) in [4.78, 5) is 12.3. The van der Waals surface area contributed by atoms with Crippen molar-refractivity contribution in [2.24, 2.45) is 23.2 Å². The lowest BCUT2D eigenvalue weighted by Gasteiger charge is -2.31. The van der Waals surface area contributed by atoms with E-state index in [0.29, 0.717) is 17.8 Å². The van der Waals surface area contributed by atoms with Gasteiger partial charge in [0.15, 0.2) is 0 Å². The van der Waals surface area contributed by atoms with Crippen LogP contribution in [0.5, 0.6) is 0 Å². The summed E-state index contributed by atoms with van der Waals surface area (Å²) in [5.41, 5.74) is 0.0878. The Hall–Kier alpha value is -0.570. The predicted molar refractivity (Wildman–Crippen MR) is 76.7 cm³/mol. The molecule has 0 saturated heterocycles. The van der Waals surface area contributed by atoms with Crippen molar-refractivity contribution in [1.29, 1.82) is 0 Å². The van der Waals surface area contributed by atoms with Gasteiger partial charge in [0.1, 0.15) is 0 Å². The second kappa shape index (κ2) is 6.25. The van der Waals surface area contributed by atoms with Gasteiger partial charge >= 0.3 is 0 Å². The van der Waals surface area contributed by atoms with E-state index >= 15 is 0 Å². The molecule has 0 aromatic carbocycles. The SMILES string of the molecule is CCC(CC)(CCO)CNC(=O)C1C2CCCCC21. The number of rotatable bonds is 7. The van der Waals surface area contributed by atoms with Crippen LogP contribution in [-0.4, -0.2) is 24.2 Å². The van der Waals surface area contributed by atoms with E-state index in [0.717, 1.165) is 25.8 Å². The van der Waals surface area contributed by atoms with Crippen molar-refractivity contribution in [2.45, 2.75) is 58.8 Å². The fourth-order valence-electron chi connectivity index (χ4n) is 3.95. The molecule has 0 aliphatic heterocycles. The van der Waals surface area contributed by atoms with Crippen molar-refractivity contribution in [3.05, 3.63) is 0 Å². The maximum atomic E-state index is 12.3. The third-order valence-electron chi connectivity index (χ3n) is 5.74. The first-order valence-corrected chi connectivity index (χ1v) is 8.06. The highest BCUT2D eigenvalue weighted by Gasteiger charge is 2.54. The number of hydrogen-bond acceptors (Lipinski definition) is 2. The normalized spacial score (nSPS) is 29.7. The number of nitrogens with one attached hydrogen (secondary N) is 1. The Kier molecular flexibility index (Phi) is 4.88. The first-order valence-electron chi connectivity index (χ1n) is 8.06. The molecule has 2 N–H and O–H groups in total. The number of aliphatic hydroxyl groups excluding tert-OH is 1. The number of carbonyl (C=O) groups is 1. The van der Waals surface area contributed by atoms with Crippen LogP contribution in [0, 0.1) is 23.2 Å². The molecule has 0 spiro atoms.